The predicted octanol–water partition coefficient (Wildman–Crippen LogP) is 2.58. The van der Waals surface area contributed by atoms with Crippen LogP contribution in [-0.2, 0) is 4.43 Å². The lowest BCUT2D eigenvalue weighted by Gasteiger charge is -2.22. The molecular weight excluding hydrogens is 216 g/mol. The monoisotopic (exact) mass is 231 g/mol. The first-order valence-corrected chi connectivity index (χ1v) is 8.89. The van der Waals surface area contributed by atoms with Crippen molar-refractivity contribution in [3.05, 3.63) is 42.0 Å². The largest absolute Gasteiger partial charge is 0.421 e. The Morgan fingerprint density at radius 1 is 1.47 bits per heavy atom. The molecule has 1 saturated heterocycles. The predicted molar refractivity (Wildman–Crippen MR) is 67.1 cm³/mol. The quantitative estimate of drug-likeness (QED) is 0.711. The molecule has 1 aromatic carbocycles. The molecule has 1 aliphatic rings. The van der Waals surface area contributed by atoms with E-state index in [0.29, 0.717) is 9.28 Å². The van der Waals surface area contributed by atoms with Gasteiger partial charge in [0.1, 0.15) is 8.31 Å². The molecule has 0 aliphatic carbocycles. The molecule has 0 spiro atoms. The average molecular weight is 231 g/mol. The molecule has 0 aromatic heterocycles. The van der Waals surface area contributed by atoms with Gasteiger partial charge in [-0.15, -0.1) is 0 Å². The number of rotatable bonds is 2. The molecule has 0 bridgehead atoms. The van der Waals surface area contributed by atoms with Crippen LogP contribution in [0.4, 0.5) is 0 Å². The van der Waals surface area contributed by atoms with Crippen molar-refractivity contribution >= 4 is 22.8 Å². The second kappa shape index (κ2) is 4.92. The average Bonchev–Trinajstić information content (AvgIpc) is 2.30. The third-order valence-corrected chi connectivity index (χ3v) is 7.98. The van der Waals surface area contributed by atoms with Crippen molar-refractivity contribution in [1.82, 2.24) is 0 Å². The summed E-state index contributed by atoms with van der Waals surface area (Å²) in [6.07, 6.45) is 1.21. The van der Waals surface area contributed by atoms with Gasteiger partial charge in [-0.25, -0.2) is 0 Å². The fraction of sp³-hybridized carbons (Fsp3) is 0.333. The molecule has 1 nitrogen and oxygen atoms in total. The fourth-order valence-corrected chi connectivity index (χ4v) is 6.29. The van der Waals surface area contributed by atoms with E-state index in [9.17, 15) is 0 Å². The van der Waals surface area contributed by atoms with Gasteiger partial charge in [-0.2, -0.15) is 0 Å². The van der Waals surface area contributed by atoms with Crippen molar-refractivity contribution < 1.29 is 4.43 Å². The second-order valence-corrected chi connectivity index (χ2v) is 8.80. The maximum atomic E-state index is 5.58. The Morgan fingerprint density at radius 3 is 2.93 bits per heavy atom. The number of hydrogen-bond acceptors (Lipinski definition) is 1. The molecule has 15 heavy (non-hydrogen) atoms. The normalized spacial score (nSPS) is 17.7. The summed E-state index contributed by atoms with van der Waals surface area (Å²) in [4.78, 5) is 0. The fourth-order valence-electron chi connectivity index (χ4n) is 1.80. The third-order valence-electron chi connectivity index (χ3n) is 2.70. The van der Waals surface area contributed by atoms with Gasteiger partial charge in [-0.3, -0.25) is 0 Å². The molecule has 0 amide bonds. The first-order valence-electron chi connectivity index (χ1n) is 5.28. The Balaban J connectivity index is 2.16. The minimum Gasteiger partial charge on any atom is -0.421 e. The summed E-state index contributed by atoms with van der Waals surface area (Å²) < 4.78 is 5.58. The summed E-state index contributed by atoms with van der Waals surface area (Å²) in [5.41, 5.74) is 2.69. The Hall–Kier alpha value is -0.646. The molecule has 1 fully saturated rings. The lowest BCUT2D eigenvalue weighted by Crippen LogP contribution is -2.31. The molecule has 1 heterocycles. The van der Waals surface area contributed by atoms with Crippen LogP contribution in [-0.4, -0.2) is 24.2 Å². The molecule has 0 atom stereocenters. The topological polar surface area (TPSA) is 9.23 Å². The molecule has 0 unspecified atom stereocenters. The Bertz CT molecular complexity index is 356. The SMILES string of the molecule is C=C(c1ccccc1C)[Si]1CCCO[Si]1. The summed E-state index contributed by atoms with van der Waals surface area (Å²) in [6, 6.07) is 9.87. The molecule has 1 aliphatic heterocycles. The zero-order valence-electron chi connectivity index (χ0n) is 9.05. The van der Waals surface area contributed by atoms with Crippen molar-refractivity contribution in [2.75, 3.05) is 6.61 Å². The van der Waals surface area contributed by atoms with E-state index in [0.717, 1.165) is 6.61 Å². The van der Waals surface area contributed by atoms with Crippen molar-refractivity contribution in [3.63, 3.8) is 0 Å². The molecule has 3 radical (unpaired) electrons. The van der Waals surface area contributed by atoms with E-state index < -0.39 is 8.31 Å². The van der Waals surface area contributed by atoms with E-state index in [2.05, 4.69) is 37.8 Å². The summed E-state index contributed by atoms with van der Waals surface area (Å²) in [5.74, 6) is 0. The Morgan fingerprint density at radius 2 is 2.27 bits per heavy atom. The molecule has 2 rings (SSSR count). The number of benzene rings is 1. The van der Waals surface area contributed by atoms with Crippen LogP contribution in [0.3, 0.4) is 0 Å². The second-order valence-electron chi connectivity index (χ2n) is 3.83. The van der Waals surface area contributed by atoms with Gasteiger partial charge in [-0.1, -0.05) is 42.1 Å². The summed E-state index contributed by atoms with van der Waals surface area (Å²) in [6.45, 7) is 7.40. The van der Waals surface area contributed by atoms with Gasteiger partial charge in [0.25, 0.3) is 0 Å². The van der Waals surface area contributed by atoms with Gasteiger partial charge in [0.15, 0.2) is 0 Å². The summed E-state index contributed by atoms with van der Waals surface area (Å²) in [5, 5.41) is 1.36. The summed E-state index contributed by atoms with van der Waals surface area (Å²) in [7, 11) is 0.208. The van der Waals surface area contributed by atoms with Crippen LogP contribution in [0, 0.1) is 6.92 Å². The third kappa shape index (κ3) is 2.48. The first-order chi connectivity index (χ1) is 7.29. The van der Waals surface area contributed by atoms with Gasteiger partial charge in [0.05, 0.1) is 0 Å². The molecule has 77 valence electrons. The summed E-state index contributed by atoms with van der Waals surface area (Å²) >= 11 is 0. The smallest absolute Gasteiger partial charge is 0.215 e. The van der Waals surface area contributed by atoms with Gasteiger partial charge in [0, 0.05) is 6.61 Å². The van der Waals surface area contributed by atoms with Crippen molar-refractivity contribution in [2.45, 2.75) is 19.4 Å². The zero-order valence-corrected chi connectivity index (χ0v) is 11.0. The number of hydrogen-bond donors (Lipinski definition) is 0. The highest BCUT2D eigenvalue weighted by atomic mass is 29.2. The lowest BCUT2D eigenvalue weighted by atomic mass is 10.1. The van der Waals surface area contributed by atoms with Gasteiger partial charge in [-0.05, 0) is 24.5 Å². The van der Waals surface area contributed by atoms with Crippen LogP contribution in [0.5, 0.6) is 0 Å². The minimum atomic E-state index is -0.489. The van der Waals surface area contributed by atoms with Crippen molar-refractivity contribution in [1.29, 1.82) is 0 Å². The first kappa shape index (κ1) is 10.9. The maximum Gasteiger partial charge on any atom is 0.215 e. The number of aryl methyl sites for hydroxylation is 1. The lowest BCUT2D eigenvalue weighted by molar-refractivity contribution is 0.336. The van der Waals surface area contributed by atoms with E-state index in [1.807, 2.05) is 0 Å². The Kier molecular flexibility index (Phi) is 3.56. The van der Waals surface area contributed by atoms with Crippen LogP contribution in [0.15, 0.2) is 30.8 Å². The van der Waals surface area contributed by atoms with Gasteiger partial charge in [0.2, 0.25) is 9.28 Å². The molecule has 3 heteroatoms. The highest BCUT2D eigenvalue weighted by molar-refractivity contribution is 7.19. The van der Waals surface area contributed by atoms with Crippen molar-refractivity contribution in [3.8, 4) is 0 Å². The van der Waals surface area contributed by atoms with Crippen LogP contribution in [0.1, 0.15) is 17.5 Å². The molecular formula is C12H15OSi2. The van der Waals surface area contributed by atoms with Crippen molar-refractivity contribution in [2.24, 2.45) is 0 Å². The van der Waals surface area contributed by atoms with E-state index in [4.69, 9.17) is 4.43 Å². The van der Waals surface area contributed by atoms with Crippen LogP contribution in [0.25, 0.3) is 5.20 Å². The van der Waals surface area contributed by atoms with E-state index >= 15 is 0 Å². The highest BCUT2D eigenvalue weighted by Gasteiger charge is 2.22. The van der Waals surface area contributed by atoms with Crippen LogP contribution in [0.2, 0.25) is 6.04 Å². The minimum absolute atomic E-state index is 0.489. The zero-order chi connectivity index (χ0) is 10.7. The maximum absolute atomic E-state index is 5.58. The van der Waals surface area contributed by atoms with E-state index in [-0.39, 0.29) is 0 Å². The van der Waals surface area contributed by atoms with Gasteiger partial charge < -0.3 is 4.43 Å². The van der Waals surface area contributed by atoms with Gasteiger partial charge >= 0.3 is 0 Å². The standard InChI is InChI=1S/C12H15OSi2/c1-10-6-3-4-7-12(10)11(2)15-9-5-8-13-14-15/h3-4,6-7H,2,5,8-9H2,1H3. The molecule has 1 aromatic rings. The highest BCUT2D eigenvalue weighted by Crippen LogP contribution is 2.23. The van der Waals surface area contributed by atoms with Crippen LogP contribution >= 0.6 is 0 Å². The van der Waals surface area contributed by atoms with Crippen LogP contribution < -0.4 is 0 Å². The van der Waals surface area contributed by atoms with E-state index in [1.165, 1.54) is 28.8 Å². The Labute approximate surface area is 95.5 Å². The molecule has 0 N–H and O–H groups in total. The molecule has 0 saturated carbocycles. The van der Waals surface area contributed by atoms with E-state index in [1.54, 1.807) is 0 Å².